The fraction of sp³-hybridized carbons (Fsp3) is 0.357. The van der Waals surface area contributed by atoms with Gasteiger partial charge < -0.3 is 10.1 Å². The second-order valence-electron chi connectivity index (χ2n) is 4.66. The van der Waals surface area contributed by atoms with E-state index in [1.807, 2.05) is 24.3 Å². The van der Waals surface area contributed by atoms with E-state index < -0.39 is 5.91 Å². The highest BCUT2D eigenvalue weighted by atomic mass is 32.1. The molecule has 2 amide bonds. The molecule has 0 saturated heterocycles. The molecule has 0 atom stereocenters. The number of benzene rings is 1. The summed E-state index contributed by atoms with van der Waals surface area (Å²) < 4.78 is 5.49. The second-order valence-corrected chi connectivity index (χ2v) is 5.07. The zero-order chi connectivity index (χ0) is 15.8. The lowest BCUT2D eigenvalue weighted by Crippen LogP contribution is -2.49. The summed E-state index contributed by atoms with van der Waals surface area (Å²) in [4.78, 5) is 22.4. The molecule has 0 aliphatic carbocycles. The van der Waals surface area contributed by atoms with Gasteiger partial charge in [-0.25, -0.2) is 0 Å². The molecule has 0 aromatic heterocycles. The number of hydrogen-bond acceptors (Lipinski definition) is 4. The normalized spacial score (nSPS) is 9.90. The summed E-state index contributed by atoms with van der Waals surface area (Å²) in [5.74, 6) is 0.256. The number of carbonyl (C=O) groups is 2. The van der Waals surface area contributed by atoms with E-state index in [9.17, 15) is 9.59 Å². The van der Waals surface area contributed by atoms with Crippen molar-refractivity contribution in [3.8, 4) is 5.75 Å². The first-order valence-electron chi connectivity index (χ1n) is 6.48. The summed E-state index contributed by atoms with van der Waals surface area (Å²) in [5, 5.41) is 2.35. The number of nitrogens with one attached hydrogen (secondary N) is 3. The molecule has 7 heteroatoms. The zero-order valence-electron chi connectivity index (χ0n) is 12.2. The van der Waals surface area contributed by atoms with Gasteiger partial charge in [-0.05, 0) is 29.8 Å². The monoisotopic (exact) mass is 309 g/mol. The van der Waals surface area contributed by atoms with Crippen LogP contribution in [0.15, 0.2) is 24.3 Å². The standard InChI is InChI=1S/C14H19N3O3S/c1-9(2)11-6-4-5-7-12(11)20-8-13(19)16-17-14(21)15-10(3)18/h4-7,9H,8H2,1-3H3,(H,16,19)(H2,15,17,18,21). The minimum absolute atomic E-state index is 0.0263. The SMILES string of the molecule is CC(=O)NC(=S)NNC(=O)COc1ccccc1C(C)C. The fourth-order valence-corrected chi connectivity index (χ4v) is 1.78. The number of para-hydroxylation sites is 1. The lowest BCUT2D eigenvalue weighted by atomic mass is 10.0. The third-order valence-electron chi connectivity index (χ3n) is 2.50. The summed E-state index contributed by atoms with van der Waals surface area (Å²) in [7, 11) is 0. The molecule has 0 unspecified atom stereocenters. The van der Waals surface area contributed by atoms with Gasteiger partial charge in [0.15, 0.2) is 11.7 Å². The van der Waals surface area contributed by atoms with Gasteiger partial charge in [0.2, 0.25) is 5.91 Å². The first-order valence-corrected chi connectivity index (χ1v) is 6.89. The Bertz CT molecular complexity index is 532. The predicted molar refractivity (Wildman–Crippen MR) is 83.7 cm³/mol. The summed E-state index contributed by atoms with van der Waals surface area (Å²) >= 11 is 4.78. The Kier molecular flexibility index (Phi) is 6.61. The van der Waals surface area contributed by atoms with Gasteiger partial charge in [-0.3, -0.25) is 20.4 Å². The number of ether oxygens (including phenoxy) is 1. The molecule has 1 rings (SSSR count). The van der Waals surface area contributed by atoms with E-state index >= 15 is 0 Å². The molecule has 21 heavy (non-hydrogen) atoms. The highest BCUT2D eigenvalue weighted by Crippen LogP contribution is 2.25. The van der Waals surface area contributed by atoms with Gasteiger partial charge in [0.25, 0.3) is 5.91 Å². The van der Waals surface area contributed by atoms with Crippen molar-refractivity contribution in [2.24, 2.45) is 0 Å². The van der Waals surface area contributed by atoms with Gasteiger partial charge >= 0.3 is 0 Å². The van der Waals surface area contributed by atoms with Crippen LogP contribution in [0.3, 0.4) is 0 Å². The van der Waals surface area contributed by atoms with Crippen LogP contribution in [0.25, 0.3) is 0 Å². The maximum Gasteiger partial charge on any atom is 0.276 e. The van der Waals surface area contributed by atoms with Gasteiger partial charge in [0, 0.05) is 6.92 Å². The van der Waals surface area contributed by atoms with E-state index in [-0.39, 0.29) is 17.6 Å². The summed E-state index contributed by atoms with van der Waals surface area (Å²) in [6.07, 6.45) is 0. The largest absolute Gasteiger partial charge is 0.483 e. The Morgan fingerprint density at radius 1 is 1.24 bits per heavy atom. The van der Waals surface area contributed by atoms with Crippen LogP contribution in [0.2, 0.25) is 0 Å². The molecule has 0 fully saturated rings. The van der Waals surface area contributed by atoms with Crippen LogP contribution in [0.4, 0.5) is 0 Å². The van der Waals surface area contributed by atoms with Gasteiger partial charge in [0.1, 0.15) is 5.75 Å². The van der Waals surface area contributed by atoms with Gasteiger partial charge in [-0.1, -0.05) is 32.0 Å². The van der Waals surface area contributed by atoms with Crippen LogP contribution in [0, 0.1) is 0 Å². The lowest BCUT2D eigenvalue weighted by Gasteiger charge is -2.14. The molecular weight excluding hydrogens is 290 g/mol. The lowest BCUT2D eigenvalue weighted by molar-refractivity contribution is -0.124. The smallest absolute Gasteiger partial charge is 0.276 e. The molecule has 6 nitrogen and oxygen atoms in total. The van der Waals surface area contributed by atoms with Crippen molar-refractivity contribution in [2.45, 2.75) is 26.7 Å². The van der Waals surface area contributed by atoms with Crippen LogP contribution in [0.1, 0.15) is 32.3 Å². The predicted octanol–water partition coefficient (Wildman–Crippen LogP) is 1.23. The number of hydrogen-bond donors (Lipinski definition) is 3. The minimum atomic E-state index is -0.402. The number of thiocarbonyl (C=S) groups is 1. The molecule has 0 spiro atoms. The summed E-state index contributed by atoms with van der Waals surface area (Å²) in [5.41, 5.74) is 5.78. The molecule has 0 bridgehead atoms. The Morgan fingerprint density at radius 3 is 2.52 bits per heavy atom. The Balaban J connectivity index is 2.43. The van der Waals surface area contributed by atoms with Crippen LogP contribution < -0.4 is 20.9 Å². The highest BCUT2D eigenvalue weighted by molar-refractivity contribution is 7.80. The highest BCUT2D eigenvalue weighted by Gasteiger charge is 2.09. The molecule has 0 heterocycles. The van der Waals surface area contributed by atoms with Crippen molar-refractivity contribution < 1.29 is 14.3 Å². The molecule has 0 saturated carbocycles. The van der Waals surface area contributed by atoms with Gasteiger partial charge in [-0.2, -0.15) is 0 Å². The molecule has 3 N–H and O–H groups in total. The topological polar surface area (TPSA) is 79.5 Å². The molecule has 114 valence electrons. The number of amides is 2. The third kappa shape index (κ3) is 6.22. The number of carbonyl (C=O) groups excluding carboxylic acids is 2. The molecule has 0 aliphatic rings. The van der Waals surface area contributed by atoms with E-state index in [1.54, 1.807) is 0 Å². The van der Waals surface area contributed by atoms with E-state index in [0.29, 0.717) is 11.7 Å². The van der Waals surface area contributed by atoms with Crippen LogP contribution >= 0.6 is 12.2 Å². The first kappa shape index (κ1) is 16.9. The summed E-state index contributed by atoms with van der Waals surface area (Å²) in [6, 6.07) is 7.55. The van der Waals surface area contributed by atoms with E-state index in [2.05, 4.69) is 30.0 Å². The minimum Gasteiger partial charge on any atom is -0.483 e. The molecule has 0 aliphatic heterocycles. The van der Waals surface area contributed by atoms with Crippen molar-refractivity contribution in [1.82, 2.24) is 16.2 Å². The van der Waals surface area contributed by atoms with Crippen LogP contribution in [-0.2, 0) is 9.59 Å². The average Bonchev–Trinajstić information content (AvgIpc) is 2.42. The maximum absolute atomic E-state index is 11.6. The van der Waals surface area contributed by atoms with Crippen LogP contribution in [0.5, 0.6) is 5.75 Å². The van der Waals surface area contributed by atoms with Gasteiger partial charge in [0.05, 0.1) is 0 Å². The van der Waals surface area contributed by atoms with Crippen molar-refractivity contribution in [3.05, 3.63) is 29.8 Å². The van der Waals surface area contributed by atoms with Crippen molar-refractivity contribution in [1.29, 1.82) is 0 Å². The second kappa shape index (κ2) is 8.21. The molecule has 1 aromatic rings. The first-order chi connectivity index (χ1) is 9.90. The van der Waals surface area contributed by atoms with Crippen molar-refractivity contribution in [3.63, 3.8) is 0 Å². The number of hydrazine groups is 1. The zero-order valence-corrected chi connectivity index (χ0v) is 13.0. The Labute approximate surface area is 129 Å². The summed E-state index contributed by atoms with van der Waals surface area (Å²) in [6.45, 7) is 5.27. The Morgan fingerprint density at radius 2 is 1.90 bits per heavy atom. The van der Waals surface area contributed by atoms with Crippen molar-refractivity contribution >= 4 is 29.1 Å². The van der Waals surface area contributed by atoms with E-state index in [4.69, 9.17) is 17.0 Å². The van der Waals surface area contributed by atoms with Crippen molar-refractivity contribution in [2.75, 3.05) is 6.61 Å². The maximum atomic E-state index is 11.6. The van der Waals surface area contributed by atoms with Crippen LogP contribution in [-0.4, -0.2) is 23.5 Å². The molecule has 0 radical (unpaired) electrons. The fourth-order valence-electron chi connectivity index (χ4n) is 1.59. The quantitative estimate of drug-likeness (QED) is 0.576. The Hall–Kier alpha value is -2.15. The molecule has 1 aromatic carbocycles. The molecular formula is C14H19N3O3S. The number of rotatable bonds is 4. The van der Waals surface area contributed by atoms with E-state index in [1.165, 1.54) is 6.92 Å². The average molecular weight is 309 g/mol. The third-order valence-corrected chi connectivity index (χ3v) is 2.71. The van der Waals surface area contributed by atoms with E-state index in [0.717, 1.165) is 5.56 Å². The van der Waals surface area contributed by atoms with Gasteiger partial charge in [-0.15, -0.1) is 0 Å².